The second-order valence-corrected chi connectivity index (χ2v) is 4.81. The van der Waals surface area contributed by atoms with E-state index in [4.69, 9.17) is 4.74 Å². The average molecular weight is 234 g/mol. The van der Waals surface area contributed by atoms with Gasteiger partial charge in [0.15, 0.2) is 0 Å². The van der Waals surface area contributed by atoms with Crippen molar-refractivity contribution in [3.8, 4) is 5.75 Å². The summed E-state index contributed by atoms with van der Waals surface area (Å²) in [4.78, 5) is 2.29. The minimum absolute atomic E-state index is 0.603. The molecule has 17 heavy (non-hydrogen) atoms. The van der Waals surface area contributed by atoms with E-state index in [-0.39, 0.29) is 0 Å². The fourth-order valence-electron chi connectivity index (χ4n) is 2.22. The number of anilines is 1. The maximum Gasteiger partial charge on any atom is 0.120 e. The van der Waals surface area contributed by atoms with Crippen LogP contribution in [0.15, 0.2) is 24.3 Å². The summed E-state index contributed by atoms with van der Waals surface area (Å²) < 4.78 is 5.25. The molecular formula is C14H22N2O. The highest BCUT2D eigenvalue weighted by Gasteiger charge is 2.30. The van der Waals surface area contributed by atoms with Crippen LogP contribution in [0.2, 0.25) is 0 Å². The molecule has 0 aromatic heterocycles. The standard InChI is InChI=1S/C14H22N2O/c1-15-14(11-7-8-11)10-16(2)12-5-4-6-13(9-12)17-3/h4-6,9,11,14-15H,7-8,10H2,1-3H3. The van der Waals surface area contributed by atoms with Crippen LogP contribution in [-0.4, -0.2) is 33.8 Å². The van der Waals surface area contributed by atoms with Crippen LogP contribution in [0.25, 0.3) is 0 Å². The SMILES string of the molecule is CNC(CN(C)c1cccc(OC)c1)C1CC1. The van der Waals surface area contributed by atoms with Gasteiger partial charge >= 0.3 is 0 Å². The van der Waals surface area contributed by atoms with E-state index in [0.717, 1.165) is 18.2 Å². The lowest BCUT2D eigenvalue weighted by Gasteiger charge is -2.25. The van der Waals surface area contributed by atoms with Gasteiger partial charge in [-0.05, 0) is 37.9 Å². The molecule has 0 bridgehead atoms. The van der Waals surface area contributed by atoms with Gasteiger partial charge in [-0.1, -0.05) is 6.07 Å². The van der Waals surface area contributed by atoms with E-state index >= 15 is 0 Å². The van der Waals surface area contributed by atoms with E-state index in [9.17, 15) is 0 Å². The number of hydrogen-bond donors (Lipinski definition) is 1. The molecule has 1 aromatic carbocycles. The van der Waals surface area contributed by atoms with Crippen molar-refractivity contribution >= 4 is 5.69 Å². The fourth-order valence-corrected chi connectivity index (χ4v) is 2.22. The van der Waals surface area contributed by atoms with Gasteiger partial charge in [0.1, 0.15) is 5.75 Å². The molecule has 1 fully saturated rings. The van der Waals surface area contributed by atoms with Crippen LogP contribution in [0.1, 0.15) is 12.8 Å². The maximum absolute atomic E-state index is 5.25. The van der Waals surface area contributed by atoms with Crippen LogP contribution >= 0.6 is 0 Å². The van der Waals surface area contributed by atoms with E-state index in [2.05, 4.69) is 36.4 Å². The predicted molar refractivity (Wildman–Crippen MR) is 71.8 cm³/mol. The van der Waals surface area contributed by atoms with Crippen molar-refractivity contribution in [2.75, 3.05) is 32.6 Å². The summed E-state index contributed by atoms with van der Waals surface area (Å²) in [5.74, 6) is 1.79. The molecule has 3 nitrogen and oxygen atoms in total. The quantitative estimate of drug-likeness (QED) is 0.816. The molecule has 0 amide bonds. The third kappa shape index (κ3) is 3.13. The zero-order valence-electron chi connectivity index (χ0n) is 10.9. The van der Waals surface area contributed by atoms with Crippen LogP contribution in [0.5, 0.6) is 5.75 Å². The van der Waals surface area contributed by atoms with Crippen molar-refractivity contribution in [1.82, 2.24) is 5.32 Å². The van der Waals surface area contributed by atoms with Gasteiger partial charge in [-0.3, -0.25) is 0 Å². The summed E-state index contributed by atoms with van der Waals surface area (Å²) in [5.41, 5.74) is 1.21. The molecule has 1 saturated carbocycles. The average Bonchev–Trinajstić information content (AvgIpc) is 3.20. The van der Waals surface area contributed by atoms with Gasteiger partial charge in [0.2, 0.25) is 0 Å². The highest BCUT2D eigenvalue weighted by atomic mass is 16.5. The smallest absolute Gasteiger partial charge is 0.120 e. The molecule has 0 radical (unpaired) electrons. The van der Waals surface area contributed by atoms with Gasteiger partial charge in [0, 0.05) is 31.4 Å². The number of benzene rings is 1. The Kier molecular flexibility index (Phi) is 3.89. The molecule has 1 unspecified atom stereocenters. The van der Waals surface area contributed by atoms with Crippen LogP contribution in [0, 0.1) is 5.92 Å². The fraction of sp³-hybridized carbons (Fsp3) is 0.571. The summed E-state index contributed by atoms with van der Waals surface area (Å²) in [7, 11) is 5.91. The Hall–Kier alpha value is -1.22. The van der Waals surface area contributed by atoms with Crippen molar-refractivity contribution in [2.45, 2.75) is 18.9 Å². The Labute approximate surface area is 104 Å². The van der Waals surface area contributed by atoms with Crippen molar-refractivity contribution in [3.63, 3.8) is 0 Å². The summed E-state index contributed by atoms with van der Waals surface area (Å²) in [6, 6.07) is 8.83. The van der Waals surface area contributed by atoms with Crippen molar-refractivity contribution < 1.29 is 4.74 Å². The predicted octanol–water partition coefficient (Wildman–Crippen LogP) is 2.13. The molecule has 0 heterocycles. The lowest BCUT2D eigenvalue weighted by Crippen LogP contribution is -2.39. The topological polar surface area (TPSA) is 24.5 Å². The van der Waals surface area contributed by atoms with E-state index in [1.54, 1.807) is 7.11 Å². The van der Waals surface area contributed by atoms with Gasteiger partial charge in [-0.25, -0.2) is 0 Å². The lowest BCUT2D eigenvalue weighted by atomic mass is 10.1. The van der Waals surface area contributed by atoms with Crippen LogP contribution in [-0.2, 0) is 0 Å². The number of hydrogen-bond acceptors (Lipinski definition) is 3. The molecule has 1 aromatic rings. The molecule has 0 saturated heterocycles. The van der Waals surface area contributed by atoms with E-state index < -0.39 is 0 Å². The van der Waals surface area contributed by atoms with E-state index in [0.29, 0.717) is 6.04 Å². The zero-order chi connectivity index (χ0) is 12.3. The summed E-state index contributed by atoms with van der Waals surface area (Å²) in [5, 5.41) is 3.42. The van der Waals surface area contributed by atoms with Crippen molar-refractivity contribution in [3.05, 3.63) is 24.3 Å². The number of nitrogens with one attached hydrogen (secondary N) is 1. The highest BCUT2D eigenvalue weighted by molar-refractivity contribution is 5.50. The normalized spacial score (nSPS) is 16.6. The van der Waals surface area contributed by atoms with Crippen molar-refractivity contribution in [1.29, 1.82) is 0 Å². The first-order valence-corrected chi connectivity index (χ1v) is 6.27. The van der Waals surface area contributed by atoms with E-state index in [1.807, 2.05) is 12.1 Å². The Morgan fingerprint density at radius 3 is 2.82 bits per heavy atom. The number of likely N-dealkylation sites (N-methyl/N-ethyl adjacent to an activating group) is 2. The summed E-state index contributed by atoms with van der Waals surface area (Å²) in [6.07, 6.45) is 2.74. The molecule has 1 aliphatic rings. The third-order valence-corrected chi connectivity index (χ3v) is 3.53. The number of methoxy groups -OCH3 is 1. The third-order valence-electron chi connectivity index (χ3n) is 3.53. The van der Waals surface area contributed by atoms with Gasteiger partial charge < -0.3 is 15.0 Å². The molecule has 1 atom stereocenters. The molecule has 94 valence electrons. The first kappa shape index (κ1) is 12.2. The first-order chi connectivity index (χ1) is 8.24. The Morgan fingerprint density at radius 1 is 1.47 bits per heavy atom. The Bertz CT molecular complexity index is 363. The number of ether oxygens (including phenoxy) is 1. The Morgan fingerprint density at radius 2 is 2.24 bits per heavy atom. The zero-order valence-corrected chi connectivity index (χ0v) is 10.9. The monoisotopic (exact) mass is 234 g/mol. The minimum Gasteiger partial charge on any atom is -0.497 e. The molecule has 1 aliphatic carbocycles. The minimum atomic E-state index is 0.603. The second kappa shape index (κ2) is 5.41. The first-order valence-electron chi connectivity index (χ1n) is 6.27. The van der Waals surface area contributed by atoms with Gasteiger partial charge in [0.05, 0.1) is 7.11 Å². The second-order valence-electron chi connectivity index (χ2n) is 4.81. The number of rotatable bonds is 6. The molecule has 0 aliphatic heterocycles. The maximum atomic E-state index is 5.25. The van der Waals surface area contributed by atoms with Gasteiger partial charge in [-0.2, -0.15) is 0 Å². The molecule has 3 heteroatoms. The molecule has 0 spiro atoms. The largest absolute Gasteiger partial charge is 0.497 e. The highest BCUT2D eigenvalue weighted by Crippen LogP contribution is 2.33. The van der Waals surface area contributed by atoms with Crippen LogP contribution < -0.4 is 15.0 Å². The van der Waals surface area contributed by atoms with Crippen LogP contribution in [0.3, 0.4) is 0 Å². The molecular weight excluding hydrogens is 212 g/mol. The Balaban J connectivity index is 1.99. The summed E-state index contributed by atoms with van der Waals surface area (Å²) >= 11 is 0. The number of nitrogens with zero attached hydrogens (tertiary/aromatic N) is 1. The van der Waals surface area contributed by atoms with Crippen molar-refractivity contribution in [2.24, 2.45) is 5.92 Å². The van der Waals surface area contributed by atoms with Gasteiger partial charge in [0.25, 0.3) is 0 Å². The van der Waals surface area contributed by atoms with Gasteiger partial charge in [-0.15, -0.1) is 0 Å². The molecule has 1 N–H and O–H groups in total. The molecule has 2 rings (SSSR count). The lowest BCUT2D eigenvalue weighted by molar-refractivity contribution is 0.414. The summed E-state index contributed by atoms with van der Waals surface area (Å²) in [6.45, 7) is 1.05. The van der Waals surface area contributed by atoms with Crippen LogP contribution in [0.4, 0.5) is 5.69 Å². The van der Waals surface area contributed by atoms with E-state index in [1.165, 1.54) is 18.5 Å².